The van der Waals surface area contributed by atoms with Crippen LogP contribution in [-0.4, -0.2) is 10.9 Å². The van der Waals surface area contributed by atoms with E-state index in [9.17, 15) is 4.79 Å². The van der Waals surface area contributed by atoms with Crippen LogP contribution < -0.4 is 0 Å². The number of halogens is 1. The summed E-state index contributed by atoms with van der Waals surface area (Å²) in [6.07, 6.45) is 3.37. The van der Waals surface area contributed by atoms with Crippen molar-refractivity contribution < 1.29 is 4.79 Å². The summed E-state index contributed by atoms with van der Waals surface area (Å²) in [7, 11) is 0. The Hall–Kier alpha value is -1.35. The van der Waals surface area contributed by atoms with Gasteiger partial charge in [0, 0.05) is 17.3 Å². The minimum Gasteiger partial charge on any atom is -0.340 e. The fraction of sp³-hybridized carbons (Fsp3) is 0.267. The quantitative estimate of drug-likeness (QED) is 0.772. The van der Waals surface area contributed by atoms with Gasteiger partial charge >= 0.3 is 0 Å². The lowest BCUT2D eigenvalue weighted by Gasteiger charge is -2.10. The SMILES string of the molecule is Cc1c(C=O)c(Br)c(-c2ccccc2)n1C1CC1. The van der Waals surface area contributed by atoms with Crippen LogP contribution in [0.3, 0.4) is 0 Å². The summed E-state index contributed by atoms with van der Waals surface area (Å²) >= 11 is 3.59. The fourth-order valence-electron chi connectivity index (χ4n) is 2.48. The van der Waals surface area contributed by atoms with Gasteiger partial charge in [-0.25, -0.2) is 0 Å². The van der Waals surface area contributed by atoms with Crippen LogP contribution in [0.5, 0.6) is 0 Å². The van der Waals surface area contributed by atoms with E-state index in [2.05, 4.69) is 32.6 Å². The first-order valence-corrected chi connectivity index (χ1v) is 6.94. The highest BCUT2D eigenvalue weighted by Gasteiger charge is 2.30. The molecule has 1 aliphatic rings. The van der Waals surface area contributed by atoms with E-state index in [-0.39, 0.29) is 0 Å². The molecule has 0 amide bonds. The summed E-state index contributed by atoms with van der Waals surface area (Å²) in [6, 6.07) is 10.8. The summed E-state index contributed by atoms with van der Waals surface area (Å²) < 4.78 is 3.23. The number of benzene rings is 1. The van der Waals surface area contributed by atoms with Crippen LogP contribution in [0.1, 0.15) is 34.9 Å². The number of carbonyl (C=O) groups excluding carboxylic acids is 1. The summed E-state index contributed by atoms with van der Waals surface area (Å²) in [5.41, 5.74) is 4.14. The van der Waals surface area contributed by atoms with Crippen LogP contribution in [0.25, 0.3) is 11.3 Å². The van der Waals surface area contributed by atoms with E-state index in [1.807, 2.05) is 25.1 Å². The van der Waals surface area contributed by atoms with Crippen LogP contribution in [0, 0.1) is 6.92 Å². The van der Waals surface area contributed by atoms with Gasteiger partial charge < -0.3 is 4.57 Å². The Morgan fingerprint density at radius 3 is 2.50 bits per heavy atom. The van der Waals surface area contributed by atoms with E-state index in [4.69, 9.17) is 0 Å². The molecule has 1 aliphatic carbocycles. The first-order chi connectivity index (χ1) is 8.74. The van der Waals surface area contributed by atoms with Gasteiger partial charge in [0.2, 0.25) is 0 Å². The molecule has 1 saturated carbocycles. The van der Waals surface area contributed by atoms with Crippen molar-refractivity contribution in [3.8, 4) is 11.3 Å². The Labute approximate surface area is 115 Å². The highest BCUT2D eigenvalue weighted by atomic mass is 79.9. The predicted octanol–water partition coefficient (Wildman–Crippen LogP) is 4.37. The second-order valence-electron chi connectivity index (χ2n) is 4.75. The van der Waals surface area contributed by atoms with Crippen molar-refractivity contribution in [1.82, 2.24) is 4.57 Å². The van der Waals surface area contributed by atoms with Crippen LogP contribution in [0.4, 0.5) is 0 Å². The number of hydrogen-bond donors (Lipinski definition) is 0. The summed E-state index contributed by atoms with van der Waals surface area (Å²) in [4.78, 5) is 11.2. The summed E-state index contributed by atoms with van der Waals surface area (Å²) in [5, 5.41) is 0. The number of aldehydes is 1. The summed E-state index contributed by atoms with van der Waals surface area (Å²) in [5.74, 6) is 0. The Bertz CT molecular complexity index is 597. The Morgan fingerprint density at radius 2 is 1.94 bits per heavy atom. The number of nitrogens with zero attached hydrogens (tertiary/aromatic N) is 1. The molecule has 18 heavy (non-hydrogen) atoms. The second kappa shape index (κ2) is 4.39. The minimum atomic E-state index is 0.560. The Balaban J connectivity index is 2.27. The lowest BCUT2D eigenvalue weighted by atomic mass is 10.1. The van der Waals surface area contributed by atoms with Crippen LogP contribution in [-0.2, 0) is 0 Å². The van der Waals surface area contributed by atoms with Gasteiger partial charge in [-0.2, -0.15) is 0 Å². The maximum absolute atomic E-state index is 11.2. The van der Waals surface area contributed by atoms with Crippen LogP contribution in [0.15, 0.2) is 34.8 Å². The van der Waals surface area contributed by atoms with Gasteiger partial charge in [-0.05, 0) is 41.3 Å². The van der Waals surface area contributed by atoms with Crippen LogP contribution in [0.2, 0.25) is 0 Å². The zero-order valence-electron chi connectivity index (χ0n) is 10.2. The first kappa shape index (κ1) is 11.7. The Morgan fingerprint density at radius 1 is 1.28 bits per heavy atom. The highest BCUT2D eigenvalue weighted by Crippen LogP contribution is 2.44. The largest absolute Gasteiger partial charge is 0.340 e. The molecule has 0 saturated heterocycles. The smallest absolute Gasteiger partial charge is 0.153 e. The second-order valence-corrected chi connectivity index (χ2v) is 5.54. The molecule has 92 valence electrons. The van der Waals surface area contributed by atoms with Gasteiger partial charge in [-0.3, -0.25) is 4.79 Å². The Kier molecular flexibility index (Phi) is 2.86. The van der Waals surface area contributed by atoms with Gasteiger partial charge in [0.05, 0.1) is 10.2 Å². The lowest BCUT2D eigenvalue weighted by Crippen LogP contribution is -1.99. The molecule has 0 N–H and O–H groups in total. The average Bonchev–Trinajstić information content (AvgIpc) is 3.18. The molecule has 0 aliphatic heterocycles. The average molecular weight is 304 g/mol. The first-order valence-electron chi connectivity index (χ1n) is 6.15. The molecule has 3 heteroatoms. The molecule has 1 aromatic heterocycles. The van der Waals surface area contributed by atoms with Crippen molar-refractivity contribution >= 4 is 22.2 Å². The molecule has 0 spiro atoms. The van der Waals surface area contributed by atoms with Crippen molar-refractivity contribution in [1.29, 1.82) is 0 Å². The fourth-order valence-corrected chi connectivity index (χ4v) is 3.28. The molecule has 2 aromatic rings. The van der Waals surface area contributed by atoms with Crippen LogP contribution >= 0.6 is 15.9 Å². The van der Waals surface area contributed by atoms with Crippen molar-refractivity contribution in [3.63, 3.8) is 0 Å². The molecule has 3 rings (SSSR count). The third-order valence-electron chi connectivity index (χ3n) is 3.51. The van der Waals surface area contributed by atoms with Gasteiger partial charge in [0.1, 0.15) is 0 Å². The summed E-state index contributed by atoms with van der Waals surface area (Å²) in [6.45, 7) is 2.03. The van der Waals surface area contributed by atoms with Gasteiger partial charge in [-0.1, -0.05) is 30.3 Å². The molecule has 0 bridgehead atoms. The molecular weight excluding hydrogens is 290 g/mol. The van der Waals surface area contributed by atoms with E-state index in [1.54, 1.807) is 0 Å². The molecule has 1 heterocycles. The molecule has 1 fully saturated rings. The molecule has 0 unspecified atom stereocenters. The van der Waals surface area contributed by atoms with E-state index in [1.165, 1.54) is 12.8 Å². The predicted molar refractivity (Wildman–Crippen MR) is 76.0 cm³/mol. The maximum atomic E-state index is 11.2. The monoisotopic (exact) mass is 303 g/mol. The van der Waals surface area contributed by atoms with E-state index in [0.717, 1.165) is 33.3 Å². The van der Waals surface area contributed by atoms with E-state index < -0.39 is 0 Å². The number of aromatic nitrogens is 1. The van der Waals surface area contributed by atoms with Crippen molar-refractivity contribution in [2.45, 2.75) is 25.8 Å². The lowest BCUT2D eigenvalue weighted by molar-refractivity contribution is 0.112. The molecule has 0 radical (unpaired) electrons. The zero-order chi connectivity index (χ0) is 12.7. The highest BCUT2D eigenvalue weighted by molar-refractivity contribution is 9.10. The number of hydrogen-bond acceptors (Lipinski definition) is 1. The molecular formula is C15H14BrNO. The minimum absolute atomic E-state index is 0.560. The van der Waals surface area contributed by atoms with Gasteiger partial charge in [-0.15, -0.1) is 0 Å². The van der Waals surface area contributed by atoms with Crippen molar-refractivity contribution in [2.75, 3.05) is 0 Å². The standard InChI is InChI=1S/C15H14BrNO/c1-10-13(9-18)14(16)15(17(10)12-7-8-12)11-5-3-2-4-6-11/h2-6,9,12H,7-8H2,1H3. The van der Waals surface area contributed by atoms with Crippen molar-refractivity contribution in [3.05, 3.63) is 46.1 Å². The normalized spacial score (nSPS) is 14.8. The third-order valence-corrected chi connectivity index (χ3v) is 4.32. The zero-order valence-corrected chi connectivity index (χ0v) is 11.8. The van der Waals surface area contributed by atoms with E-state index >= 15 is 0 Å². The number of rotatable bonds is 3. The maximum Gasteiger partial charge on any atom is 0.153 e. The van der Waals surface area contributed by atoms with Gasteiger partial charge in [0.15, 0.2) is 6.29 Å². The third kappa shape index (κ3) is 1.74. The number of carbonyl (C=O) groups is 1. The molecule has 1 aromatic carbocycles. The van der Waals surface area contributed by atoms with E-state index in [0.29, 0.717) is 6.04 Å². The molecule has 0 atom stereocenters. The molecule has 2 nitrogen and oxygen atoms in total. The van der Waals surface area contributed by atoms with Gasteiger partial charge in [0.25, 0.3) is 0 Å². The topological polar surface area (TPSA) is 22.0 Å². The van der Waals surface area contributed by atoms with Crippen molar-refractivity contribution in [2.24, 2.45) is 0 Å².